The zero-order chi connectivity index (χ0) is 15.1. The van der Waals surface area contributed by atoms with Crippen LogP contribution in [0.5, 0.6) is 0 Å². The first kappa shape index (κ1) is 14.5. The van der Waals surface area contributed by atoms with E-state index in [4.69, 9.17) is 11.6 Å². The van der Waals surface area contributed by atoms with Gasteiger partial charge in [-0.25, -0.2) is 9.97 Å². The highest BCUT2D eigenvalue weighted by Crippen LogP contribution is 2.33. The average molecular weight is 411 g/mol. The smallest absolute Gasteiger partial charge is 0.151 e. The van der Waals surface area contributed by atoms with E-state index in [0.717, 1.165) is 31.6 Å². The van der Waals surface area contributed by atoms with Crippen LogP contribution in [0.4, 0.5) is 0 Å². The number of halogens is 2. The van der Waals surface area contributed by atoms with E-state index in [0.29, 0.717) is 5.02 Å². The highest BCUT2D eigenvalue weighted by atomic mass is 79.9. The summed E-state index contributed by atoms with van der Waals surface area (Å²) in [5, 5.41) is 0.691. The van der Waals surface area contributed by atoms with Crippen LogP contribution >= 0.6 is 50.6 Å². The van der Waals surface area contributed by atoms with Gasteiger partial charge in [-0.2, -0.15) is 0 Å². The zero-order valence-corrected chi connectivity index (χ0v) is 15.1. The number of para-hydroxylation sites is 1. The van der Waals surface area contributed by atoms with Crippen molar-refractivity contribution in [1.29, 1.82) is 0 Å². The Hall–Kier alpha value is -1.08. The van der Waals surface area contributed by atoms with Gasteiger partial charge in [-0.15, -0.1) is 11.3 Å². The van der Waals surface area contributed by atoms with Crippen LogP contribution in [-0.4, -0.2) is 14.4 Å². The summed E-state index contributed by atoms with van der Waals surface area (Å²) < 4.78 is 5.17. The molecule has 0 fully saturated rings. The summed E-state index contributed by atoms with van der Waals surface area (Å²) in [6, 6.07) is 12.0. The van der Waals surface area contributed by atoms with Gasteiger partial charge in [-0.1, -0.05) is 35.5 Å². The maximum atomic E-state index is 6.04. The molecular weight excluding hydrogens is 402 g/mol. The lowest BCUT2D eigenvalue weighted by molar-refractivity contribution is 1.14. The van der Waals surface area contributed by atoms with Crippen molar-refractivity contribution >= 4 is 66.5 Å². The van der Waals surface area contributed by atoms with Crippen LogP contribution in [0, 0.1) is 0 Å². The van der Waals surface area contributed by atoms with Gasteiger partial charge in [0.15, 0.2) is 4.34 Å². The quantitative estimate of drug-likeness (QED) is 0.409. The second kappa shape index (κ2) is 5.85. The first-order valence-electron chi connectivity index (χ1n) is 6.51. The summed E-state index contributed by atoms with van der Waals surface area (Å²) in [6.45, 7) is 0. The van der Waals surface area contributed by atoms with E-state index in [-0.39, 0.29) is 0 Å². The Bertz CT molecular complexity index is 946. The molecule has 0 aliphatic heterocycles. The number of pyridine rings is 1. The van der Waals surface area contributed by atoms with Gasteiger partial charge in [0.05, 0.1) is 20.9 Å². The molecule has 0 atom stereocenters. The molecule has 0 amide bonds. The van der Waals surface area contributed by atoms with E-state index >= 15 is 0 Å². The lowest BCUT2D eigenvalue weighted by Gasteiger charge is -1.96. The molecule has 0 saturated carbocycles. The monoisotopic (exact) mass is 409 g/mol. The molecule has 3 nitrogen and oxygen atoms in total. The molecule has 0 aliphatic rings. The fourth-order valence-corrected chi connectivity index (χ4v) is 5.04. The summed E-state index contributed by atoms with van der Waals surface area (Å²) in [5.74, 6) is 0.764. The Kier molecular flexibility index (Phi) is 3.86. The van der Waals surface area contributed by atoms with E-state index < -0.39 is 0 Å². The normalized spacial score (nSPS) is 11.5. The van der Waals surface area contributed by atoms with Gasteiger partial charge in [0, 0.05) is 11.9 Å². The molecule has 110 valence electrons. The fraction of sp³-hybridized carbons (Fsp3) is 0.0667. The number of fused-ring (bicyclic) bond motifs is 2. The second-order valence-corrected chi connectivity index (χ2v) is 8.10. The van der Waals surface area contributed by atoms with Crippen molar-refractivity contribution in [2.45, 2.75) is 10.1 Å². The number of rotatable bonds is 3. The molecule has 0 saturated heterocycles. The third-order valence-corrected chi connectivity index (χ3v) is 6.45. The third-order valence-electron chi connectivity index (χ3n) is 3.20. The number of aromatic nitrogens is 3. The maximum absolute atomic E-state index is 6.04. The minimum Gasteiger partial charge on any atom is -0.292 e. The van der Waals surface area contributed by atoms with Crippen molar-refractivity contribution < 1.29 is 0 Å². The topological polar surface area (TPSA) is 30.2 Å². The van der Waals surface area contributed by atoms with Crippen molar-refractivity contribution in [2.75, 3.05) is 0 Å². The van der Waals surface area contributed by atoms with Crippen molar-refractivity contribution in [2.24, 2.45) is 0 Å². The standard InChI is InChI=1S/C15H9BrClN3S2/c16-14-11(18-13-6-5-9(17)7-20(13)14)8-21-15-19-10-3-1-2-4-12(10)22-15/h1-7H,8H2. The molecule has 3 heterocycles. The van der Waals surface area contributed by atoms with Crippen molar-refractivity contribution in [3.63, 3.8) is 0 Å². The van der Waals surface area contributed by atoms with Crippen LogP contribution in [-0.2, 0) is 5.75 Å². The molecular formula is C15H9BrClN3S2. The minimum atomic E-state index is 0.691. The Morgan fingerprint density at radius 3 is 2.91 bits per heavy atom. The van der Waals surface area contributed by atoms with E-state index in [9.17, 15) is 0 Å². The highest BCUT2D eigenvalue weighted by molar-refractivity contribution is 9.10. The largest absolute Gasteiger partial charge is 0.292 e. The van der Waals surface area contributed by atoms with Crippen LogP contribution < -0.4 is 0 Å². The summed E-state index contributed by atoms with van der Waals surface area (Å²) in [7, 11) is 0. The molecule has 22 heavy (non-hydrogen) atoms. The highest BCUT2D eigenvalue weighted by Gasteiger charge is 2.12. The minimum absolute atomic E-state index is 0.691. The van der Waals surface area contributed by atoms with Gasteiger partial charge >= 0.3 is 0 Å². The van der Waals surface area contributed by atoms with E-state index in [2.05, 4.69) is 32.0 Å². The Morgan fingerprint density at radius 1 is 1.18 bits per heavy atom. The van der Waals surface area contributed by atoms with Crippen LogP contribution in [0.3, 0.4) is 0 Å². The molecule has 0 radical (unpaired) electrons. The van der Waals surface area contributed by atoms with E-state index in [1.54, 1.807) is 23.1 Å². The first-order chi connectivity index (χ1) is 10.7. The number of hydrogen-bond donors (Lipinski definition) is 0. The van der Waals surface area contributed by atoms with E-state index in [1.807, 2.05) is 40.9 Å². The number of nitrogens with zero attached hydrogens (tertiary/aromatic N) is 3. The molecule has 7 heteroatoms. The molecule has 0 unspecified atom stereocenters. The Morgan fingerprint density at radius 2 is 2.05 bits per heavy atom. The molecule has 4 aromatic rings. The summed E-state index contributed by atoms with van der Waals surface area (Å²) in [5.41, 5.74) is 2.93. The number of benzene rings is 1. The lowest BCUT2D eigenvalue weighted by atomic mass is 10.3. The van der Waals surface area contributed by atoms with Crippen LogP contribution in [0.2, 0.25) is 5.02 Å². The maximum Gasteiger partial charge on any atom is 0.151 e. The molecule has 3 aromatic heterocycles. The number of thiazole rings is 1. The van der Waals surface area contributed by atoms with Gasteiger partial charge in [-0.3, -0.25) is 4.40 Å². The predicted octanol–water partition coefficient (Wildman–Crippen LogP) is 5.65. The van der Waals surface area contributed by atoms with Crippen molar-refractivity contribution in [1.82, 2.24) is 14.4 Å². The molecule has 0 N–H and O–H groups in total. The molecule has 4 rings (SSSR count). The number of thioether (sulfide) groups is 1. The van der Waals surface area contributed by atoms with Gasteiger partial charge in [0.1, 0.15) is 10.3 Å². The predicted molar refractivity (Wildman–Crippen MR) is 97.1 cm³/mol. The average Bonchev–Trinajstić information content (AvgIpc) is 3.07. The van der Waals surface area contributed by atoms with Gasteiger partial charge in [0.25, 0.3) is 0 Å². The van der Waals surface area contributed by atoms with Crippen molar-refractivity contribution in [3.8, 4) is 0 Å². The SMILES string of the molecule is Clc1ccc2nc(CSc3nc4ccccc4s3)c(Br)n2c1. The number of imidazole rings is 1. The summed E-state index contributed by atoms with van der Waals surface area (Å²) in [6.07, 6.45) is 1.86. The van der Waals surface area contributed by atoms with Crippen molar-refractivity contribution in [3.05, 3.63) is 57.9 Å². The lowest BCUT2D eigenvalue weighted by Crippen LogP contribution is -1.84. The third kappa shape index (κ3) is 2.65. The molecule has 0 aliphatic carbocycles. The van der Waals surface area contributed by atoms with Crippen LogP contribution in [0.15, 0.2) is 51.5 Å². The first-order valence-corrected chi connectivity index (χ1v) is 9.48. The van der Waals surface area contributed by atoms with Gasteiger partial charge in [-0.05, 0) is 40.2 Å². The van der Waals surface area contributed by atoms with Gasteiger partial charge in [0.2, 0.25) is 0 Å². The van der Waals surface area contributed by atoms with E-state index in [1.165, 1.54) is 4.70 Å². The zero-order valence-electron chi connectivity index (χ0n) is 11.2. The van der Waals surface area contributed by atoms with Crippen LogP contribution in [0.1, 0.15) is 5.69 Å². The number of hydrogen-bond acceptors (Lipinski definition) is 4. The van der Waals surface area contributed by atoms with Gasteiger partial charge < -0.3 is 0 Å². The molecule has 0 bridgehead atoms. The molecule has 1 aromatic carbocycles. The van der Waals surface area contributed by atoms with Crippen LogP contribution in [0.25, 0.3) is 15.9 Å². The fourth-order valence-electron chi connectivity index (χ4n) is 2.17. The summed E-state index contributed by atoms with van der Waals surface area (Å²) in [4.78, 5) is 9.27. The Labute approximate surface area is 148 Å². The second-order valence-electron chi connectivity index (χ2n) is 4.66. The summed E-state index contributed by atoms with van der Waals surface area (Å²) >= 11 is 13.1. The Balaban J connectivity index is 1.62. The molecule has 0 spiro atoms.